The number of carbonyl (C=O) groups excluding carboxylic acids is 1. The van der Waals surface area contributed by atoms with Crippen LogP contribution in [-0.2, 0) is 9.47 Å². The smallest absolute Gasteiger partial charge is 0.189 e. The third-order valence-electron chi connectivity index (χ3n) is 2.31. The number of ether oxygens (including phenoxy) is 4. The van der Waals surface area contributed by atoms with Gasteiger partial charge in [-0.1, -0.05) is 0 Å². The molecule has 0 aliphatic rings. The number of benzene rings is 1. The lowest BCUT2D eigenvalue weighted by molar-refractivity contribution is 0.0181. The largest absolute Gasteiger partial charge is 0.467 e. The van der Waals surface area contributed by atoms with E-state index < -0.39 is 0 Å². The lowest BCUT2D eigenvalue weighted by Gasteiger charge is -2.11. The minimum Gasteiger partial charge on any atom is -0.467 e. The highest BCUT2D eigenvalue weighted by molar-refractivity contribution is 5.94. The molecule has 0 heterocycles. The van der Waals surface area contributed by atoms with Gasteiger partial charge in [-0.15, -0.1) is 0 Å². The Hall–Kier alpha value is -1.59. The highest BCUT2D eigenvalue weighted by Gasteiger charge is 2.07. The van der Waals surface area contributed by atoms with Crippen molar-refractivity contribution < 1.29 is 23.7 Å². The summed E-state index contributed by atoms with van der Waals surface area (Å²) in [6.45, 7) is 6.68. The van der Waals surface area contributed by atoms with Crippen LogP contribution < -0.4 is 9.47 Å². The Morgan fingerprint density at radius 2 is 1.42 bits per heavy atom. The van der Waals surface area contributed by atoms with E-state index in [1.807, 2.05) is 13.8 Å². The lowest BCUT2D eigenvalue weighted by Crippen LogP contribution is -2.06. The van der Waals surface area contributed by atoms with E-state index in [-0.39, 0.29) is 19.4 Å². The molecule has 1 aromatic rings. The monoisotopic (exact) mass is 268 g/mol. The van der Waals surface area contributed by atoms with Crippen LogP contribution in [0.4, 0.5) is 0 Å². The van der Waals surface area contributed by atoms with Crippen molar-refractivity contribution in [3.63, 3.8) is 0 Å². The van der Waals surface area contributed by atoms with Gasteiger partial charge in [0.25, 0.3) is 0 Å². The average molecular weight is 268 g/mol. The maximum Gasteiger partial charge on any atom is 0.189 e. The third-order valence-corrected chi connectivity index (χ3v) is 2.31. The standard InChI is InChI=1S/C14H20O5/c1-4-16-9-18-13-6-12(11(3)15)7-14(8-13)19-10-17-5-2/h6-8H,4-5,9-10H2,1-3H3. The predicted octanol–water partition coefficient (Wildman–Crippen LogP) is 2.63. The SMILES string of the molecule is CCOCOc1cc(OCOCC)cc(C(C)=O)c1. The van der Waals surface area contributed by atoms with Crippen LogP contribution in [-0.4, -0.2) is 32.6 Å². The molecule has 19 heavy (non-hydrogen) atoms. The lowest BCUT2D eigenvalue weighted by atomic mass is 10.1. The van der Waals surface area contributed by atoms with Gasteiger partial charge in [0, 0.05) is 24.8 Å². The number of ketones is 1. The van der Waals surface area contributed by atoms with E-state index in [0.717, 1.165) is 0 Å². The van der Waals surface area contributed by atoms with Crippen LogP contribution >= 0.6 is 0 Å². The topological polar surface area (TPSA) is 54.0 Å². The summed E-state index contributed by atoms with van der Waals surface area (Å²) in [4.78, 5) is 11.4. The fraction of sp³-hybridized carbons (Fsp3) is 0.500. The normalized spacial score (nSPS) is 10.3. The summed E-state index contributed by atoms with van der Waals surface area (Å²) in [6, 6.07) is 5.02. The molecule has 0 radical (unpaired) electrons. The van der Waals surface area contributed by atoms with Gasteiger partial charge < -0.3 is 18.9 Å². The minimum absolute atomic E-state index is 0.0527. The van der Waals surface area contributed by atoms with Gasteiger partial charge in [0.05, 0.1) is 0 Å². The molecule has 5 nitrogen and oxygen atoms in total. The van der Waals surface area contributed by atoms with E-state index in [0.29, 0.717) is 30.3 Å². The van der Waals surface area contributed by atoms with Gasteiger partial charge in [0.15, 0.2) is 19.4 Å². The molecule has 0 spiro atoms. The third kappa shape index (κ3) is 5.72. The first-order valence-corrected chi connectivity index (χ1v) is 6.24. The van der Waals surface area contributed by atoms with Crippen LogP contribution in [0.5, 0.6) is 11.5 Å². The van der Waals surface area contributed by atoms with Crippen molar-refractivity contribution in [3.8, 4) is 11.5 Å². The zero-order valence-corrected chi connectivity index (χ0v) is 11.6. The van der Waals surface area contributed by atoms with Gasteiger partial charge in [-0.2, -0.15) is 0 Å². The molecule has 1 rings (SSSR count). The van der Waals surface area contributed by atoms with Crippen molar-refractivity contribution in [2.45, 2.75) is 20.8 Å². The van der Waals surface area contributed by atoms with Gasteiger partial charge in [-0.3, -0.25) is 4.79 Å². The van der Waals surface area contributed by atoms with Crippen molar-refractivity contribution in [1.82, 2.24) is 0 Å². The predicted molar refractivity (Wildman–Crippen MR) is 70.7 cm³/mol. The van der Waals surface area contributed by atoms with Gasteiger partial charge >= 0.3 is 0 Å². The molecular weight excluding hydrogens is 248 g/mol. The maximum absolute atomic E-state index is 11.4. The zero-order valence-electron chi connectivity index (χ0n) is 11.6. The van der Waals surface area contributed by atoms with E-state index in [2.05, 4.69) is 0 Å². The fourth-order valence-electron chi connectivity index (χ4n) is 1.33. The van der Waals surface area contributed by atoms with Crippen LogP contribution in [0.1, 0.15) is 31.1 Å². The van der Waals surface area contributed by atoms with Crippen molar-refractivity contribution >= 4 is 5.78 Å². The summed E-state index contributed by atoms with van der Waals surface area (Å²) < 4.78 is 21.0. The zero-order chi connectivity index (χ0) is 14.1. The molecular formula is C14H20O5. The van der Waals surface area contributed by atoms with E-state index >= 15 is 0 Å². The number of Topliss-reactive ketones (excluding diaryl/α,β-unsaturated/α-hetero) is 1. The molecule has 1 aromatic carbocycles. The van der Waals surface area contributed by atoms with Crippen LogP contribution in [0.25, 0.3) is 0 Å². The summed E-state index contributed by atoms with van der Waals surface area (Å²) in [5.41, 5.74) is 0.528. The summed E-state index contributed by atoms with van der Waals surface area (Å²) in [6.07, 6.45) is 0. The molecule has 0 atom stereocenters. The summed E-state index contributed by atoms with van der Waals surface area (Å²) in [5, 5.41) is 0. The molecule has 0 saturated heterocycles. The summed E-state index contributed by atoms with van der Waals surface area (Å²) in [5.74, 6) is 1.02. The second-order valence-corrected chi connectivity index (χ2v) is 3.76. The number of rotatable bonds is 9. The number of hydrogen-bond acceptors (Lipinski definition) is 5. The van der Waals surface area contributed by atoms with Crippen molar-refractivity contribution in [2.24, 2.45) is 0 Å². The van der Waals surface area contributed by atoms with Crippen LogP contribution in [0.2, 0.25) is 0 Å². The molecule has 0 amide bonds. The van der Waals surface area contributed by atoms with Gasteiger partial charge in [0.2, 0.25) is 0 Å². The van der Waals surface area contributed by atoms with E-state index in [1.165, 1.54) is 6.92 Å². The van der Waals surface area contributed by atoms with Gasteiger partial charge in [-0.25, -0.2) is 0 Å². The Balaban J connectivity index is 2.75. The Morgan fingerprint density at radius 1 is 0.947 bits per heavy atom. The molecule has 0 N–H and O–H groups in total. The highest BCUT2D eigenvalue weighted by Crippen LogP contribution is 2.23. The molecule has 106 valence electrons. The molecule has 0 fully saturated rings. The van der Waals surface area contributed by atoms with Crippen LogP contribution in [0.15, 0.2) is 18.2 Å². The highest BCUT2D eigenvalue weighted by atomic mass is 16.7. The second kappa shape index (κ2) is 8.50. The molecule has 0 aliphatic heterocycles. The molecule has 0 aliphatic carbocycles. The second-order valence-electron chi connectivity index (χ2n) is 3.76. The van der Waals surface area contributed by atoms with E-state index in [4.69, 9.17) is 18.9 Å². The fourth-order valence-corrected chi connectivity index (χ4v) is 1.33. The van der Waals surface area contributed by atoms with Crippen molar-refractivity contribution in [2.75, 3.05) is 26.8 Å². The molecule has 0 bridgehead atoms. The first-order chi connectivity index (χ1) is 9.17. The Kier molecular flexibility index (Phi) is 6.92. The molecule has 5 heteroatoms. The Bertz CT molecular complexity index is 375. The Morgan fingerprint density at radius 3 is 1.79 bits per heavy atom. The van der Waals surface area contributed by atoms with E-state index in [1.54, 1.807) is 18.2 Å². The number of hydrogen-bond donors (Lipinski definition) is 0. The summed E-state index contributed by atoms with van der Waals surface area (Å²) in [7, 11) is 0. The van der Waals surface area contributed by atoms with Crippen LogP contribution in [0.3, 0.4) is 0 Å². The van der Waals surface area contributed by atoms with E-state index in [9.17, 15) is 4.79 Å². The molecule has 0 saturated carbocycles. The van der Waals surface area contributed by atoms with Gasteiger partial charge in [-0.05, 0) is 32.9 Å². The van der Waals surface area contributed by atoms with Crippen molar-refractivity contribution in [1.29, 1.82) is 0 Å². The van der Waals surface area contributed by atoms with Crippen LogP contribution in [0, 0.1) is 0 Å². The first kappa shape index (κ1) is 15.5. The maximum atomic E-state index is 11.4. The number of carbonyl (C=O) groups is 1. The minimum atomic E-state index is -0.0527. The Labute approximate surface area is 113 Å². The first-order valence-electron chi connectivity index (χ1n) is 6.24. The molecule has 0 unspecified atom stereocenters. The summed E-state index contributed by atoms with van der Waals surface area (Å²) >= 11 is 0. The van der Waals surface area contributed by atoms with Gasteiger partial charge in [0.1, 0.15) is 11.5 Å². The average Bonchev–Trinajstić information content (AvgIpc) is 2.39. The quantitative estimate of drug-likeness (QED) is 0.391. The van der Waals surface area contributed by atoms with Crippen molar-refractivity contribution in [3.05, 3.63) is 23.8 Å². The molecule has 0 aromatic heterocycles.